The first-order chi connectivity index (χ1) is 20.6. The Balaban J connectivity index is 1.60. The third-order valence-corrected chi connectivity index (χ3v) is 10.2. The van der Waals surface area contributed by atoms with Gasteiger partial charge in [-0.1, -0.05) is 63.2 Å². The number of aryl methyl sites for hydroxylation is 2. The number of benzene rings is 2. The number of aliphatic carboxylic acids is 1. The Labute approximate surface area is 262 Å². The molecule has 2 heterocycles. The summed E-state index contributed by atoms with van der Waals surface area (Å²) in [4.78, 5) is 33.2. The van der Waals surface area contributed by atoms with E-state index < -0.39 is 17.7 Å². The minimum atomic E-state index is -1.18. The zero-order chi connectivity index (χ0) is 32.0. The van der Waals surface area contributed by atoms with E-state index >= 15 is 0 Å². The maximum absolute atomic E-state index is 13.0. The molecule has 234 valence electrons. The lowest BCUT2D eigenvalue weighted by Gasteiger charge is -2.52. The van der Waals surface area contributed by atoms with Crippen molar-refractivity contribution in [2.75, 3.05) is 18.0 Å². The van der Waals surface area contributed by atoms with Gasteiger partial charge in [-0.25, -0.2) is 4.79 Å². The van der Waals surface area contributed by atoms with E-state index in [0.29, 0.717) is 29.3 Å². The number of carbonyl (C=O) groups excluding carboxylic acids is 1. The minimum Gasteiger partial charge on any atom is -0.479 e. The van der Waals surface area contributed by atoms with Gasteiger partial charge in [-0.2, -0.15) is 0 Å². The van der Waals surface area contributed by atoms with E-state index in [1.54, 1.807) is 0 Å². The lowest BCUT2D eigenvalue weighted by atomic mass is 9.63. The maximum Gasteiger partial charge on any atom is 0.337 e. The van der Waals surface area contributed by atoms with Crippen molar-refractivity contribution in [3.63, 3.8) is 0 Å². The highest BCUT2D eigenvalue weighted by Gasteiger charge is 2.56. The number of aromatic nitrogens is 1. The molecule has 2 bridgehead atoms. The number of amides is 1. The number of hydrogen-bond acceptors (Lipinski definition) is 5. The van der Waals surface area contributed by atoms with Crippen LogP contribution in [0.5, 0.6) is 0 Å². The highest BCUT2D eigenvalue weighted by molar-refractivity contribution is 5.95. The van der Waals surface area contributed by atoms with E-state index in [9.17, 15) is 14.7 Å². The number of anilines is 1. The van der Waals surface area contributed by atoms with Gasteiger partial charge >= 0.3 is 5.97 Å². The predicted octanol–water partition coefficient (Wildman–Crippen LogP) is 7.50. The molecule has 1 aliphatic carbocycles. The molecule has 3 aromatic rings. The van der Waals surface area contributed by atoms with E-state index in [-0.39, 0.29) is 16.7 Å². The number of hydrogen-bond donors (Lipinski definition) is 2. The SMILES string of the molecule is Cc1nc(C)c(C(OC(C)(C)C)C(=O)O)c(N2CC3CCC(C)(C2)C3(C)C)c1-c1ccc(C(=O)NCc2ccccc2)cc1. The molecule has 3 unspecified atom stereocenters. The Bertz CT molecular complexity index is 1540. The van der Waals surface area contributed by atoms with E-state index in [4.69, 9.17) is 9.72 Å². The number of nitrogens with zero attached hydrogens (tertiary/aromatic N) is 2. The summed E-state index contributed by atoms with van der Waals surface area (Å²) in [7, 11) is 0. The fourth-order valence-electron chi connectivity index (χ4n) is 7.28. The van der Waals surface area contributed by atoms with Gasteiger partial charge in [0.25, 0.3) is 5.91 Å². The van der Waals surface area contributed by atoms with E-state index in [1.807, 2.05) is 89.2 Å². The predicted molar refractivity (Wildman–Crippen MR) is 175 cm³/mol. The summed E-state index contributed by atoms with van der Waals surface area (Å²) in [6, 6.07) is 17.4. The molecular weight excluding hydrogens is 550 g/mol. The van der Waals surface area contributed by atoms with Gasteiger partial charge in [-0.05, 0) is 87.5 Å². The zero-order valence-electron chi connectivity index (χ0n) is 27.5. The second-order valence-electron chi connectivity index (χ2n) is 14.5. The number of nitrogens with one attached hydrogen (secondary N) is 1. The van der Waals surface area contributed by atoms with E-state index in [0.717, 1.165) is 54.0 Å². The monoisotopic (exact) mass is 597 g/mol. The summed E-state index contributed by atoms with van der Waals surface area (Å²) in [5.74, 6) is -0.691. The molecule has 7 nitrogen and oxygen atoms in total. The van der Waals surface area contributed by atoms with Gasteiger partial charge in [-0.15, -0.1) is 0 Å². The van der Waals surface area contributed by atoms with Crippen LogP contribution in [0.3, 0.4) is 0 Å². The van der Waals surface area contributed by atoms with Crippen molar-refractivity contribution in [2.45, 2.75) is 86.5 Å². The molecule has 2 N–H and O–H groups in total. The van der Waals surface area contributed by atoms with Gasteiger partial charge < -0.3 is 20.1 Å². The number of piperidine rings is 1. The average molecular weight is 598 g/mol. The Hall–Kier alpha value is -3.71. The van der Waals surface area contributed by atoms with Crippen molar-refractivity contribution in [2.24, 2.45) is 16.7 Å². The van der Waals surface area contributed by atoms with Crippen molar-refractivity contribution in [3.8, 4) is 11.1 Å². The first kappa shape index (κ1) is 31.7. The van der Waals surface area contributed by atoms with Gasteiger partial charge in [0.15, 0.2) is 6.10 Å². The Kier molecular flexibility index (Phi) is 8.40. The van der Waals surface area contributed by atoms with Crippen molar-refractivity contribution >= 4 is 17.6 Å². The molecule has 2 fully saturated rings. The second-order valence-corrected chi connectivity index (χ2v) is 14.5. The molecule has 0 spiro atoms. The molecule has 3 atom stereocenters. The number of pyridine rings is 1. The zero-order valence-corrected chi connectivity index (χ0v) is 27.5. The van der Waals surface area contributed by atoms with Crippen LogP contribution in [0.2, 0.25) is 0 Å². The molecule has 2 aliphatic rings. The smallest absolute Gasteiger partial charge is 0.337 e. The number of rotatable bonds is 8. The number of carboxylic acids is 1. The molecule has 5 rings (SSSR count). The van der Waals surface area contributed by atoms with Crippen LogP contribution in [-0.4, -0.2) is 40.7 Å². The third-order valence-electron chi connectivity index (χ3n) is 10.2. The van der Waals surface area contributed by atoms with Gasteiger partial charge in [-0.3, -0.25) is 9.78 Å². The highest BCUT2D eigenvalue weighted by atomic mass is 16.5. The van der Waals surface area contributed by atoms with E-state index in [1.165, 1.54) is 0 Å². The van der Waals surface area contributed by atoms with Gasteiger partial charge in [0.1, 0.15) is 0 Å². The summed E-state index contributed by atoms with van der Waals surface area (Å²) in [5.41, 5.74) is 5.97. The molecule has 1 saturated heterocycles. The Morgan fingerprint density at radius 3 is 2.30 bits per heavy atom. The molecule has 1 aromatic heterocycles. The molecule has 1 saturated carbocycles. The van der Waals surface area contributed by atoms with Crippen LogP contribution in [0, 0.1) is 30.6 Å². The van der Waals surface area contributed by atoms with Gasteiger partial charge in [0, 0.05) is 47.7 Å². The lowest BCUT2D eigenvalue weighted by molar-refractivity contribution is -0.160. The number of carbonyl (C=O) groups is 2. The summed E-state index contributed by atoms with van der Waals surface area (Å²) in [5, 5.41) is 13.5. The number of carboxylic acid groups (broad SMARTS) is 1. The highest BCUT2D eigenvalue weighted by Crippen LogP contribution is 2.60. The normalized spacial score (nSPS) is 21.6. The third kappa shape index (κ3) is 5.99. The first-order valence-electron chi connectivity index (χ1n) is 15.7. The second kappa shape index (κ2) is 11.7. The quantitative estimate of drug-likeness (QED) is 0.279. The summed E-state index contributed by atoms with van der Waals surface area (Å²) >= 11 is 0. The van der Waals surface area contributed by atoms with Crippen molar-refractivity contribution in [3.05, 3.63) is 82.7 Å². The van der Waals surface area contributed by atoms with Crippen LogP contribution in [-0.2, 0) is 16.1 Å². The fourth-order valence-corrected chi connectivity index (χ4v) is 7.28. The Morgan fingerprint density at radius 1 is 1.05 bits per heavy atom. The lowest BCUT2D eigenvalue weighted by Crippen LogP contribution is -2.52. The molecule has 2 aromatic carbocycles. The van der Waals surface area contributed by atoms with Crippen LogP contribution < -0.4 is 10.2 Å². The molecule has 1 aliphatic heterocycles. The van der Waals surface area contributed by atoms with Crippen LogP contribution in [0.15, 0.2) is 54.6 Å². The van der Waals surface area contributed by atoms with Gasteiger partial charge in [0.05, 0.1) is 11.3 Å². The molecule has 1 amide bonds. The molecule has 7 heteroatoms. The van der Waals surface area contributed by atoms with Gasteiger partial charge in [0.2, 0.25) is 0 Å². The van der Waals surface area contributed by atoms with E-state index in [2.05, 4.69) is 31.0 Å². The number of fused-ring (bicyclic) bond motifs is 2. The van der Waals surface area contributed by atoms with Crippen molar-refractivity contribution < 1.29 is 19.4 Å². The maximum atomic E-state index is 13.0. The topological polar surface area (TPSA) is 91.8 Å². The van der Waals surface area contributed by atoms with Crippen molar-refractivity contribution in [1.29, 1.82) is 0 Å². The molecular formula is C37H47N3O4. The van der Waals surface area contributed by atoms with Crippen molar-refractivity contribution in [1.82, 2.24) is 10.3 Å². The van der Waals surface area contributed by atoms with Crippen LogP contribution in [0.25, 0.3) is 11.1 Å². The number of ether oxygens (including phenoxy) is 1. The molecule has 44 heavy (non-hydrogen) atoms. The standard InChI is InChI=1S/C37H47N3O4/c1-23-29(26-14-16-27(17-15-26)33(41)38-20-25-12-10-9-11-13-25)31(40-21-28-18-19-37(8,22-40)36(28,6)7)30(24(2)39-23)32(34(42)43)44-35(3,4)5/h9-17,28,32H,18-22H2,1-8H3,(H,38,41)(H,42,43). The molecule has 0 radical (unpaired) electrons. The largest absolute Gasteiger partial charge is 0.479 e. The average Bonchev–Trinajstić information content (AvgIpc) is 3.07. The summed E-state index contributed by atoms with van der Waals surface area (Å²) in [6.07, 6.45) is 1.12. The fraction of sp³-hybridized carbons (Fsp3) is 0.486. The first-order valence-corrected chi connectivity index (χ1v) is 15.7. The Morgan fingerprint density at radius 2 is 1.70 bits per heavy atom. The van der Waals surface area contributed by atoms with Crippen LogP contribution >= 0.6 is 0 Å². The van der Waals surface area contributed by atoms with Crippen LogP contribution in [0.1, 0.15) is 93.4 Å². The van der Waals surface area contributed by atoms with Crippen LogP contribution in [0.4, 0.5) is 5.69 Å². The summed E-state index contributed by atoms with van der Waals surface area (Å²) < 4.78 is 6.26. The minimum absolute atomic E-state index is 0.0832. The summed E-state index contributed by atoms with van der Waals surface area (Å²) in [6.45, 7) is 18.8.